The minimum absolute atomic E-state index is 0.875. The summed E-state index contributed by atoms with van der Waals surface area (Å²) in [6, 6.07) is 0. The standard InChI is InChI=1S/C13H25N3/c1-3-11-4-6-12(7-5-11)10-15-13-14-8-9-16(13)2/h11-12H,3-10H2,1-2H3,(H,14,15). The van der Waals surface area contributed by atoms with Crippen LogP contribution < -0.4 is 5.32 Å². The van der Waals surface area contributed by atoms with Crippen LogP contribution in [0, 0.1) is 11.8 Å². The van der Waals surface area contributed by atoms with Gasteiger partial charge in [-0.25, -0.2) is 0 Å². The molecular formula is C13H25N3. The molecule has 0 aromatic carbocycles. The molecule has 2 rings (SSSR count). The number of aliphatic imine (C=N–C) groups is 1. The molecule has 1 N–H and O–H groups in total. The summed E-state index contributed by atoms with van der Waals surface area (Å²) in [5, 5.41) is 3.51. The van der Waals surface area contributed by atoms with Gasteiger partial charge in [0, 0.05) is 20.1 Å². The Kier molecular flexibility index (Phi) is 4.08. The zero-order valence-corrected chi connectivity index (χ0v) is 10.7. The van der Waals surface area contributed by atoms with E-state index in [9.17, 15) is 0 Å². The summed E-state index contributed by atoms with van der Waals surface area (Å²) in [6.07, 6.45) is 7.05. The molecule has 0 radical (unpaired) electrons. The normalized spacial score (nSPS) is 30.4. The van der Waals surface area contributed by atoms with Crippen molar-refractivity contribution in [1.82, 2.24) is 10.2 Å². The average Bonchev–Trinajstić information content (AvgIpc) is 2.73. The van der Waals surface area contributed by atoms with Crippen LogP contribution in [0.1, 0.15) is 39.0 Å². The second kappa shape index (κ2) is 5.55. The third-order valence-electron chi connectivity index (χ3n) is 4.15. The molecule has 0 amide bonds. The quantitative estimate of drug-likeness (QED) is 0.793. The van der Waals surface area contributed by atoms with Crippen LogP contribution in [0.25, 0.3) is 0 Å². The predicted octanol–water partition coefficient (Wildman–Crippen LogP) is 2.09. The molecule has 3 heteroatoms. The molecule has 1 aliphatic carbocycles. The van der Waals surface area contributed by atoms with Gasteiger partial charge in [0.1, 0.15) is 0 Å². The number of guanidine groups is 1. The molecule has 0 saturated heterocycles. The summed E-state index contributed by atoms with van der Waals surface area (Å²) < 4.78 is 0. The highest BCUT2D eigenvalue weighted by molar-refractivity contribution is 5.81. The van der Waals surface area contributed by atoms with Crippen LogP contribution >= 0.6 is 0 Å². The molecule has 1 heterocycles. The van der Waals surface area contributed by atoms with Crippen LogP contribution in [0.5, 0.6) is 0 Å². The summed E-state index contributed by atoms with van der Waals surface area (Å²) in [5.74, 6) is 2.99. The molecule has 0 aromatic rings. The highest BCUT2D eigenvalue weighted by Gasteiger charge is 2.21. The molecule has 92 valence electrons. The molecule has 0 atom stereocenters. The van der Waals surface area contributed by atoms with Gasteiger partial charge in [0.05, 0.1) is 6.54 Å². The van der Waals surface area contributed by atoms with E-state index in [-0.39, 0.29) is 0 Å². The van der Waals surface area contributed by atoms with Crippen LogP contribution in [0.15, 0.2) is 4.99 Å². The minimum Gasteiger partial charge on any atom is -0.356 e. The third-order valence-corrected chi connectivity index (χ3v) is 4.15. The van der Waals surface area contributed by atoms with Crippen LogP contribution in [-0.4, -0.2) is 37.5 Å². The molecule has 1 aliphatic heterocycles. The van der Waals surface area contributed by atoms with Crippen molar-refractivity contribution < 1.29 is 0 Å². The first-order chi connectivity index (χ1) is 7.79. The molecule has 0 aromatic heterocycles. The first kappa shape index (κ1) is 11.7. The van der Waals surface area contributed by atoms with E-state index in [2.05, 4.69) is 29.2 Å². The number of nitrogens with one attached hydrogen (secondary N) is 1. The number of hydrogen-bond donors (Lipinski definition) is 1. The van der Waals surface area contributed by atoms with E-state index in [1.807, 2.05) is 0 Å². The Morgan fingerprint density at radius 1 is 1.25 bits per heavy atom. The molecule has 16 heavy (non-hydrogen) atoms. The summed E-state index contributed by atoms with van der Waals surface area (Å²) in [7, 11) is 2.12. The highest BCUT2D eigenvalue weighted by Crippen LogP contribution is 2.30. The van der Waals surface area contributed by atoms with E-state index >= 15 is 0 Å². The lowest BCUT2D eigenvalue weighted by Crippen LogP contribution is -2.38. The molecule has 1 fully saturated rings. The van der Waals surface area contributed by atoms with E-state index in [1.165, 1.54) is 32.1 Å². The highest BCUT2D eigenvalue weighted by atomic mass is 15.3. The SMILES string of the molecule is CCC1CCC(CNC2=NCCN2C)CC1. The Morgan fingerprint density at radius 2 is 1.94 bits per heavy atom. The van der Waals surface area contributed by atoms with Crippen LogP contribution in [0.4, 0.5) is 0 Å². The van der Waals surface area contributed by atoms with Gasteiger partial charge in [-0.3, -0.25) is 4.99 Å². The van der Waals surface area contributed by atoms with Crippen molar-refractivity contribution >= 4 is 5.96 Å². The topological polar surface area (TPSA) is 27.6 Å². The fourth-order valence-corrected chi connectivity index (χ4v) is 2.80. The maximum Gasteiger partial charge on any atom is 0.193 e. The number of nitrogens with zero attached hydrogens (tertiary/aromatic N) is 2. The molecule has 2 aliphatic rings. The van der Waals surface area contributed by atoms with Gasteiger partial charge in [-0.05, 0) is 24.7 Å². The zero-order valence-electron chi connectivity index (χ0n) is 10.7. The van der Waals surface area contributed by atoms with Gasteiger partial charge in [0.2, 0.25) is 0 Å². The monoisotopic (exact) mass is 223 g/mol. The maximum absolute atomic E-state index is 4.46. The lowest BCUT2D eigenvalue weighted by atomic mass is 9.81. The number of likely N-dealkylation sites (N-methyl/N-ethyl adjacent to an activating group) is 1. The second-order valence-electron chi connectivity index (χ2n) is 5.30. The fraction of sp³-hybridized carbons (Fsp3) is 0.923. The lowest BCUT2D eigenvalue weighted by Gasteiger charge is -2.28. The summed E-state index contributed by atoms with van der Waals surface area (Å²) in [4.78, 5) is 6.68. The van der Waals surface area contributed by atoms with Crippen molar-refractivity contribution in [3.05, 3.63) is 0 Å². The Labute approximate surface area is 99.3 Å². The van der Waals surface area contributed by atoms with Gasteiger partial charge in [0.15, 0.2) is 5.96 Å². The summed E-state index contributed by atoms with van der Waals surface area (Å²) in [6.45, 7) is 5.48. The van der Waals surface area contributed by atoms with E-state index in [0.29, 0.717) is 0 Å². The number of hydrogen-bond acceptors (Lipinski definition) is 3. The largest absolute Gasteiger partial charge is 0.356 e. The summed E-state index contributed by atoms with van der Waals surface area (Å²) in [5.41, 5.74) is 0. The van der Waals surface area contributed by atoms with Gasteiger partial charge in [-0.15, -0.1) is 0 Å². The molecule has 1 saturated carbocycles. The van der Waals surface area contributed by atoms with Gasteiger partial charge >= 0.3 is 0 Å². The van der Waals surface area contributed by atoms with E-state index in [1.54, 1.807) is 0 Å². The second-order valence-corrected chi connectivity index (χ2v) is 5.30. The van der Waals surface area contributed by atoms with Crippen molar-refractivity contribution in [2.45, 2.75) is 39.0 Å². The van der Waals surface area contributed by atoms with Gasteiger partial charge < -0.3 is 10.2 Å². The zero-order chi connectivity index (χ0) is 11.4. The van der Waals surface area contributed by atoms with E-state index < -0.39 is 0 Å². The molecule has 3 nitrogen and oxygen atoms in total. The van der Waals surface area contributed by atoms with Gasteiger partial charge in [-0.1, -0.05) is 26.2 Å². The number of rotatable bonds is 3. The minimum atomic E-state index is 0.875. The smallest absolute Gasteiger partial charge is 0.193 e. The lowest BCUT2D eigenvalue weighted by molar-refractivity contribution is 0.268. The Hall–Kier alpha value is -0.730. The van der Waals surface area contributed by atoms with Crippen molar-refractivity contribution in [3.8, 4) is 0 Å². The molecule has 0 unspecified atom stereocenters. The molecule has 0 spiro atoms. The Balaban J connectivity index is 1.67. The van der Waals surface area contributed by atoms with Crippen molar-refractivity contribution in [3.63, 3.8) is 0 Å². The van der Waals surface area contributed by atoms with E-state index in [0.717, 1.165) is 37.4 Å². The Bertz CT molecular complexity index is 242. The third kappa shape index (κ3) is 2.89. The first-order valence-corrected chi connectivity index (χ1v) is 6.79. The average molecular weight is 223 g/mol. The van der Waals surface area contributed by atoms with Crippen LogP contribution in [0.2, 0.25) is 0 Å². The van der Waals surface area contributed by atoms with E-state index in [4.69, 9.17) is 0 Å². The van der Waals surface area contributed by atoms with Crippen LogP contribution in [0.3, 0.4) is 0 Å². The van der Waals surface area contributed by atoms with Crippen molar-refractivity contribution in [2.24, 2.45) is 16.8 Å². The van der Waals surface area contributed by atoms with Crippen molar-refractivity contribution in [2.75, 3.05) is 26.7 Å². The van der Waals surface area contributed by atoms with Crippen LogP contribution in [-0.2, 0) is 0 Å². The van der Waals surface area contributed by atoms with Gasteiger partial charge in [0.25, 0.3) is 0 Å². The van der Waals surface area contributed by atoms with Gasteiger partial charge in [-0.2, -0.15) is 0 Å². The molecular weight excluding hydrogens is 198 g/mol. The maximum atomic E-state index is 4.46. The Morgan fingerprint density at radius 3 is 2.50 bits per heavy atom. The predicted molar refractivity (Wildman–Crippen MR) is 68.7 cm³/mol. The summed E-state index contributed by atoms with van der Waals surface area (Å²) >= 11 is 0. The molecule has 0 bridgehead atoms. The first-order valence-electron chi connectivity index (χ1n) is 6.79. The van der Waals surface area contributed by atoms with Crippen molar-refractivity contribution in [1.29, 1.82) is 0 Å². The fourth-order valence-electron chi connectivity index (χ4n) is 2.80.